The third-order valence-corrected chi connectivity index (χ3v) is 6.22. The molecule has 1 atom stereocenters. The van der Waals surface area contributed by atoms with Crippen LogP contribution in [0.15, 0.2) is 22.8 Å². The van der Waals surface area contributed by atoms with Crippen LogP contribution in [0.5, 0.6) is 0 Å². The molecule has 0 aromatic heterocycles. The zero-order chi connectivity index (χ0) is 18.8. The Labute approximate surface area is 156 Å². The van der Waals surface area contributed by atoms with Gasteiger partial charge in [-0.25, -0.2) is 0 Å². The zero-order valence-corrected chi connectivity index (χ0v) is 16.6. The minimum absolute atomic E-state index is 0.0208. The van der Waals surface area contributed by atoms with Crippen molar-refractivity contribution in [2.75, 3.05) is 54.9 Å². The van der Waals surface area contributed by atoms with Gasteiger partial charge in [0.05, 0.1) is 26.4 Å². The molecule has 5 nitrogen and oxygen atoms in total. The molecule has 3 aliphatic carbocycles. The van der Waals surface area contributed by atoms with Crippen LogP contribution in [0.25, 0.3) is 0 Å². The molecule has 0 amide bonds. The Bertz CT molecular complexity index is 592. The number of carbonyl (C=O) groups is 1. The average molecular weight is 364 g/mol. The van der Waals surface area contributed by atoms with Crippen LogP contribution in [-0.4, -0.2) is 60.6 Å². The summed E-state index contributed by atoms with van der Waals surface area (Å²) >= 11 is 0. The van der Waals surface area contributed by atoms with Gasteiger partial charge in [0.2, 0.25) is 0 Å². The summed E-state index contributed by atoms with van der Waals surface area (Å²) in [6.45, 7) is 2.63. The Balaban J connectivity index is 1.98. The van der Waals surface area contributed by atoms with Gasteiger partial charge in [-0.05, 0) is 48.8 Å². The van der Waals surface area contributed by atoms with Crippen LogP contribution in [0.4, 0.5) is 0 Å². The monoisotopic (exact) mass is 364 g/mol. The van der Waals surface area contributed by atoms with E-state index in [1.165, 1.54) is 16.7 Å². The molecule has 0 radical (unpaired) electrons. The van der Waals surface area contributed by atoms with Gasteiger partial charge in [-0.2, -0.15) is 0 Å². The van der Waals surface area contributed by atoms with Crippen LogP contribution in [0.1, 0.15) is 32.1 Å². The molecule has 26 heavy (non-hydrogen) atoms. The van der Waals surface area contributed by atoms with Crippen molar-refractivity contribution >= 4 is 5.78 Å². The SMILES string of the molecule is COCC1(COC)CC2=CC(=O)CC3CC(COC)(COC)CC3=C2C1. The Morgan fingerprint density at radius 3 is 2.04 bits per heavy atom. The number of allylic oxidation sites excluding steroid dienone is 4. The molecule has 3 rings (SSSR count). The molecule has 2 saturated carbocycles. The van der Waals surface area contributed by atoms with Gasteiger partial charge in [0.15, 0.2) is 5.78 Å². The van der Waals surface area contributed by atoms with Gasteiger partial charge in [-0.3, -0.25) is 4.79 Å². The zero-order valence-electron chi connectivity index (χ0n) is 16.6. The first-order valence-corrected chi connectivity index (χ1v) is 9.42. The minimum atomic E-state index is -0.0619. The van der Waals surface area contributed by atoms with E-state index in [4.69, 9.17) is 18.9 Å². The van der Waals surface area contributed by atoms with E-state index in [2.05, 4.69) is 0 Å². The molecule has 0 N–H and O–H groups in total. The van der Waals surface area contributed by atoms with E-state index in [0.717, 1.165) is 25.7 Å². The molecule has 0 aliphatic heterocycles. The molecule has 0 bridgehead atoms. The number of methoxy groups -OCH3 is 4. The Morgan fingerprint density at radius 2 is 1.46 bits per heavy atom. The number of fused-ring (bicyclic) bond motifs is 2. The molecule has 1 unspecified atom stereocenters. The summed E-state index contributed by atoms with van der Waals surface area (Å²) in [6.07, 6.45) is 6.20. The van der Waals surface area contributed by atoms with Crippen molar-refractivity contribution < 1.29 is 23.7 Å². The van der Waals surface area contributed by atoms with Crippen LogP contribution < -0.4 is 0 Å². The van der Waals surface area contributed by atoms with Gasteiger partial charge >= 0.3 is 0 Å². The lowest BCUT2D eigenvalue weighted by molar-refractivity contribution is -0.115. The summed E-state index contributed by atoms with van der Waals surface area (Å²) in [5.41, 5.74) is 3.95. The van der Waals surface area contributed by atoms with Gasteiger partial charge in [-0.1, -0.05) is 5.57 Å². The van der Waals surface area contributed by atoms with Gasteiger partial charge < -0.3 is 18.9 Å². The average Bonchev–Trinajstić information content (AvgIpc) is 3.05. The molecular weight excluding hydrogens is 332 g/mol. The second-order valence-electron chi connectivity index (χ2n) is 8.51. The maximum Gasteiger partial charge on any atom is 0.156 e. The van der Waals surface area contributed by atoms with E-state index in [1.54, 1.807) is 28.4 Å². The van der Waals surface area contributed by atoms with Gasteiger partial charge in [-0.15, -0.1) is 0 Å². The summed E-state index contributed by atoms with van der Waals surface area (Å²) < 4.78 is 22.1. The summed E-state index contributed by atoms with van der Waals surface area (Å²) in [7, 11) is 6.97. The molecule has 0 spiro atoms. The third kappa shape index (κ3) is 3.68. The Kier molecular flexibility index (Phi) is 6.02. The molecule has 5 heteroatoms. The number of hydrogen-bond donors (Lipinski definition) is 0. The number of ether oxygens (including phenoxy) is 4. The number of ketones is 1. The van der Waals surface area contributed by atoms with E-state index in [1.807, 2.05) is 6.08 Å². The fourth-order valence-electron chi connectivity index (χ4n) is 5.56. The third-order valence-electron chi connectivity index (χ3n) is 6.22. The quantitative estimate of drug-likeness (QED) is 0.663. The highest BCUT2D eigenvalue weighted by atomic mass is 16.5. The first-order chi connectivity index (χ1) is 12.5. The van der Waals surface area contributed by atoms with Gasteiger partial charge in [0, 0.05) is 45.7 Å². The molecular formula is C21H32O5. The van der Waals surface area contributed by atoms with E-state index < -0.39 is 0 Å². The number of carbonyl (C=O) groups excluding carboxylic acids is 1. The summed E-state index contributed by atoms with van der Waals surface area (Å²) in [5, 5.41) is 0. The lowest BCUT2D eigenvalue weighted by Crippen LogP contribution is -2.29. The summed E-state index contributed by atoms with van der Waals surface area (Å²) in [5.74, 6) is 0.547. The smallest absolute Gasteiger partial charge is 0.156 e. The van der Waals surface area contributed by atoms with Crippen LogP contribution in [0, 0.1) is 16.7 Å². The minimum Gasteiger partial charge on any atom is -0.384 e. The molecule has 0 saturated heterocycles. The maximum atomic E-state index is 12.6. The standard InChI is InChI=1S/C21H32O5/c1-23-11-20(12-24-2)7-15-5-17(22)6-16-8-21(13-25-3,14-26-4)10-19(16)18(15)9-20/h5,16H,6-14H2,1-4H3. The van der Waals surface area contributed by atoms with Crippen LogP contribution in [0.2, 0.25) is 0 Å². The normalized spacial score (nSPS) is 26.5. The van der Waals surface area contributed by atoms with Crippen molar-refractivity contribution in [3.8, 4) is 0 Å². The van der Waals surface area contributed by atoms with Crippen LogP contribution >= 0.6 is 0 Å². The van der Waals surface area contributed by atoms with E-state index in [0.29, 0.717) is 38.8 Å². The maximum absolute atomic E-state index is 12.6. The molecule has 0 aromatic carbocycles. The summed E-state index contributed by atoms with van der Waals surface area (Å²) in [4.78, 5) is 12.6. The summed E-state index contributed by atoms with van der Waals surface area (Å²) in [6, 6.07) is 0. The van der Waals surface area contributed by atoms with E-state index in [9.17, 15) is 4.79 Å². The fourth-order valence-corrected chi connectivity index (χ4v) is 5.56. The lowest BCUT2D eigenvalue weighted by Gasteiger charge is -2.27. The molecule has 3 aliphatic rings. The second kappa shape index (κ2) is 7.93. The van der Waals surface area contributed by atoms with Gasteiger partial charge in [0.1, 0.15) is 0 Å². The molecule has 2 fully saturated rings. The van der Waals surface area contributed by atoms with E-state index >= 15 is 0 Å². The predicted octanol–water partition coefficient (Wildman–Crippen LogP) is 2.94. The van der Waals surface area contributed by atoms with Crippen LogP contribution in [0.3, 0.4) is 0 Å². The Morgan fingerprint density at radius 1 is 0.885 bits per heavy atom. The first kappa shape index (κ1) is 19.7. The van der Waals surface area contributed by atoms with Crippen molar-refractivity contribution in [2.24, 2.45) is 16.7 Å². The largest absolute Gasteiger partial charge is 0.384 e. The predicted molar refractivity (Wildman–Crippen MR) is 99.1 cm³/mol. The number of rotatable bonds is 8. The lowest BCUT2D eigenvalue weighted by atomic mass is 9.86. The van der Waals surface area contributed by atoms with Crippen LogP contribution in [-0.2, 0) is 23.7 Å². The van der Waals surface area contributed by atoms with Crippen molar-refractivity contribution in [2.45, 2.75) is 32.1 Å². The molecule has 0 heterocycles. The molecule has 146 valence electrons. The highest BCUT2D eigenvalue weighted by Crippen LogP contribution is 2.56. The second-order valence-corrected chi connectivity index (χ2v) is 8.51. The van der Waals surface area contributed by atoms with E-state index in [-0.39, 0.29) is 16.6 Å². The first-order valence-electron chi connectivity index (χ1n) is 9.42. The van der Waals surface area contributed by atoms with Crippen molar-refractivity contribution in [3.05, 3.63) is 22.8 Å². The Hall–Kier alpha value is -1.01. The number of hydrogen-bond acceptors (Lipinski definition) is 5. The topological polar surface area (TPSA) is 54.0 Å². The highest BCUT2D eigenvalue weighted by Gasteiger charge is 2.48. The van der Waals surface area contributed by atoms with Gasteiger partial charge in [0.25, 0.3) is 0 Å². The highest BCUT2D eigenvalue weighted by molar-refractivity contribution is 5.92. The fraction of sp³-hybridized carbons (Fsp3) is 0.762. The van der Waals surface area contributed by atoms with Crippen molar-refractivity contribution in [1.29, 1.82) is 0 Å². The van der Waals surface area contributed by atoms with Crippen molar-refractivity contribution in [3.63, 3.8) is 0 Å². The molecule has 0 aromatic rings. The van der Waals surface area contributed by atoms with Crippen molar-refractivity contribution in [1.82, 2.24) is 0 Å².